The van der Waals surface area contributed by atoms with E-state index >= 15 is 0 Å². The number of aromatic nitrogens is 1. The molecule has 2 aromatic carbocycles. The predicted molar refractivity (Wildman–Crippen MR) is 96.1 cm³/mol. The van der Waals surface area contributed by atoms with Crippen molar-refractivity contribution >= 4 is 5.97 Å². The Morgan fingerprint density at radius 1 is 1.07 bits per heavy atom. The van der Waals surface area contributed by atoms with E-state index in [1.54, 1.807) is 48.5 Å². The molecule has 0 aliphatic carbocycles. The summed E-state index contributed by atoms with van der Waals surface area (Å²) in [7, 11) is 0. The molecule has 0 bridgehead atoms. The normalized spacial score (nSPS) is 11.9. The van der Waals surface area contributed by atoms with E-state index in [-0.39, 0.29) is 24.5 Å². The van der Waals surface area contributed by atoms with E-state index in [0.717, 1.165) is 11.1 Å². The average Bonchev–Trinajstić information content (AvgIpc) is 2.95. The molecule has 1 unspecified atom stereocenters. The lowest BCUT2D eigenvalue weighted by Crippen LogP contribution is -2.32. The summed E-state index contributed by atoms with van der Waals surface area (Å²) < 4.78 is 10.6. The van der Waals surface area contributed by atoms with E-state index in [1.807, 2.05) is 0 Å². The topological polar surface area (TPSA) is 139 Å². The summed E-state index contributed by atoms with van der Waals surface area (Å²) >= 11 is 0. The van der Waals surface area contributed by atoms with Gasteiger partial charge in [0, 0.05) is 6.42 Å². The molecule has 0 radical (unpaired) electrons. The summed E-state index contributed by atoms with van der Waals surface area (Å²) in [5.41, 5.74) is 7.16. The highest BCUT2D eigenvalue weighted by Gasteiger charge is 2.12. The molecular weight excluding hydrogens is 352 g/mol. The van der Waals surface area contributed by atoms with Crippen LogP contribution in [0.2, 0.25) is 0 Å². The molecular formula is C19H18N2O6. The third-order valence-electron chi connectivity index (χ3n) is 3.92. The molecule has 3 aromatic rings. The van der Waals surface area contributed by atoms with Crippen LogP contribution in [0.25, 0.3) is 0 Å². The minimum absolute atomic E-state index is 0.170. The molecule has 0 saturated heterocycles. The summed E-state index contributed by atoms with van der Waals surface area (Å²) in [4.78, 5) is 24.0. The number of rotatable bonds is 7. The van der Waals surface area contributed by atoms with Crippen molar-refractivity contribution in [3.63, 3.8) is 0 Å². The zero-order valence-corrected chi connectivity index (χ0v) is 14.2. The standard InChI is InChI=1S/C19H18N2O6/c20-15(18(23)24)9-11-1-5-13(6-2-11)26-14-7-3-12(4-8-14)10-16-17(22)21-19(25)27-16/h1-8,15,22H,9-10,20H2,(H,21,25)(H,23,24). The van der Waals surface area contributed by atoms with Crippen LogP contribution in [-0.2, 0) is 17.6 Å². The Bertz CT molecular complexity index is 973. The van der Waals surface area contributed by atoms with Crippen molar-refractivity contribution < 1.29 is 24.2 Å². The third kappa shape index (κ3) is 4.77. The molecule has 3 rings (SSSR count). The number of oxazole rings is 1. The van der Waals surface area contributed by atoms with Crippen LogP contribution < -0.4 is 16.2 Å². The quantitative estimate of drug-likeness (QED) is 0.499. The van der Waals surface area contributed by atoms with Gasteiger partial charge in [-0.05, 0) is 41.8 Å². The van der Waals surface area contributed by atoms with Crippen LogP contribution >= 0.6 is 0 Å². The van der Waals surface area contributed by atoms with E-state index in [2.05, 4.69) is 4.98 Å². The number of hydrogen-bond acceptors (Lipinski definition) is 6. The smallest absolute Gasteiger partial charge is 0.419 e. The van der Waals surface area contributed by atoms with Gasteiger partial charge >= 0.3 is 11.7 Å². The third-order valence-corrected chi connectivity index (χ3v) is 3.92. The second-order valence-electron chi connectivity index (χ2n) is 6.00. The number of H-pyrrole nitrogens is 1. The lowest BCUT2D eigenvalue weighted by Gasteiger charge is -2.09. The molecule has 1 heterocycles. The van der Waals surface area contributed by atoms with Gasteiger partial charge in [0.05, 0.1) is 0 Å². The molecule has 0 amide bonds. The molecule has 8 heteroatoms. The number of hydrogen-bond donors (Lipinski definition) is 4. The van der Waals surface area contributed by atoms with Crippen LogP contribution in [0.5, 0.6) is 17.4 Å². The first-order valence-corrected chi connectivity index (χ1v) is 8.16. The Morgan fingerprint density at radius 2 is 1.63 bits per heavy atom. The first-order valence-electron chi connectivity index (χ1n) is 8.16. The lowest BCUT2D eigenvalue weighted by molar-refractivity contribution is -0.138. The summed E-state index contributed by atoms with van der Waals surface area (Å²) in [6.07, 6.45) is 0.510. The number of carboxylic acids is 1. The maximum atomic E-state index is 11.0. The Morgan fingerprint density at radius 3 is 2.11 bits per heavy atom. The molecule has 0 spiro atoms. The molecule has 140 valence electrons. The highest BCUT2D eigenvalue weighted by Crippen LogP contribution is 2.24. The van der Waals surface area contributed by atoms with Gasteiger partial charge in [-0.3, -0.25) is 9.78 Å². The fourth-order valence-electron chi connectivity index (χ4n) is 2.50. The van der Waals surface area contributed by atoms with Gasteiger partial charge in [-0.25, -0.2) is 4.79 Å². The first-order chi connectivity index (χ1) is 12.9. The molecule has 5 N–H and O–H groups in total. The van der Waals surface area contributed by atoms with Crippen LogP contribution in [0.3, 0.4) is 0 Å². The number of ether oxygens (including phenoxy) is 1. The van der Waals surface area contributed by atoms with Crippen molar-refractivity contribution in [1.29, 1.82) is 0 Å². The van der Waals surface area contributed by atoms with E-state index < -0.39 is 17.8 Å². The van der Waals surface area contributed by atoms with Crippen molar-refractivity contribution in [2.75, 3.05) is 0 Å². The summed E-state index contributed by atoms with van der Waals surface area (Å²) in [6, 6.07) is 13.2. The van der Waals surface area contributed by atoms with Crippen molar-refractivity contribution in [2.24, 2.45) is 5.73 Å². The van der Waals surface area contributed by atoms with Gasteiger partial charge in [0.15, 0.2) is 5.76 Å². The number of aromatic hydroxyl groups is 1. The Hall–Kier alpha value is -3.52. The molecule has 1 aromatic heterocycles. The van der Waals surface area contributed by atoms with E-state index in [9.17, 15) is 14.7 Å². The van der Waals surface area contributed by atoms with Gasteiger partial charge in [0.2, 0.25) is 5.88 Å². The Labute approximate surface area is 153 Å². The van der Waals surface area contributed by atoms with Crippen molar-refractivity contribution in [2.45, 2.75) is 18.9 Å². The minimum atomic E-state index is -1.04. The molecule has 1 atom stereocenters. The van der Waals surface area contributed by atoms with Gasteiger partial charge in [-0.2, -0.15) is 0 Å². The van der Waals surface area contributed by atoms with Gasteiger partial charge in [0.1, 0.15) is 17.5 Å². The number of carboxylic acid groups (broad SMARTS) is 1. The number of benzene rings is 2. The molecule has 8 nitrogen and oxygen atoms in total. The van der Waals surface area contributed by atoms with Crippen LogP contribution in [0, 0.1) is 0 Å². The van der Waals surface area contributed by atoms with Crippen molar-refractivity contribution in [1.82, 2.24) is 4.98 Å². The Balaban J connectivity index is 1.62. The Kier molecular flexibility index (Phi) is 5.28. The summed E-state index contributed by atoms with van der Waals surface area (Å²) in [6.45, 7) is 0. The number of nitrogens with one attached hydrogen (secondary N) is 1. The monoisotopic (exact) mass is 370 g/mol. The molecule has 27 heavy (non-hydrogen) atoms. The molecule has 0 aliphatic heterocycles. The SMILES string of the molecule is NC(Cc1ccc(Oc2ccc(Cc3oc(=O)[nH]c3O)cc2)cc1)C(=O)O. The van der Waals surface area contributed by atoms with Crippen molar-refractivity contribution in [3.8, 4) is 17.4 Å². The van der Waals surface area contributed by atoms with E-state index in [1.165, 1.54) is 0 Å². The highest BCUT2D eigenvalue weighted by molar-refractivity contribution is 5.73. The lowest BCUT2D eigenvalue weighted by atomic mass is 10.1. The molecule has 0 fully saturated rings. The average molecular weight is 370 g/mol. The zero-order chi connectivity index (χ0) is 19.4. The number of aliphatic carboxylic acids is 1. The van der Waals surface area contributed by atoms with Gasteiger partial charge in [-0.15, -0.1) is 0 Å². The number of nitrogens with two attached hydrogens (primary N) is 1. The number of aromatic amines is 1. The second-order valence-corrected chi connectivity index (χ2v) is 6.00. The number of carbonyl (C=O) groups is 1. The van der Waals surface area contributed by atoms with Crippen LogP contribution in [0.15, 0.2) is 57.7 Å². The first kappa shape index (κ1) is 18.3. The second kappa shape index (κ2) is 7.79. The van der Waals surface area contributed by atoms with Crippen LogP contribution in [0.1, 0.15) is 16.9 Å². The maximum absolute atomic E-state index is 11.0. The largest absolute Gasteiger partial charge is 0.492 e. The maximum Gasteiger partial charge on any atom is 0.419 e. The van der Waals surface area contributed by atoms with E-state index in [4.69, 9.17) is 20.0 Å². The van der Waals surface area contributed by atoms with E-state index in [0.29, 0.717) is 11.5 Å². The van der Waals surface area contributed by atoms with Gasteiger partial charge in [0.25, 0.3) is 0 Å². The van der Waals surface area contributed by atoms with Gasteiger partial charge in [-0.1, -0.05) is 24.3 Å². The minimum Gasteiger partial charge on any atom is -0.492 e. The zero-order valence-electron chi connectivity index (χ0n) is 14.2. The summed E-state index contributed by atoms with van der Waals surface area (Å²) in [5.74, 6) is -0.636. The van der Waals surface area contributed by atoms with Gasteiger partial charge < -0.3 is 25.1 Å². The summed E-state index contributed by atoms with van der Waals surface area (Å²) in [5, 5.41) is 18.4. The molecule has 0 aliphatic rings. The van der Waals surface area contributed by atoms with Crippen molar-refractivity contribution in [3.05, 3.63) is 76.0 Å². The molecule has 0 saturated carbocycles. The predicted octanol–water partition coefficient (Wildman–Crippen LogP) is 2.01. The highest BCUT2D eigenvalue weighted by atomic mass is 16.5. The fraction of sp³-hybridized carbons (Fsp3) is 0.158. The van der Waals surface area contributed by atoms with Crippen LogP contribution in [-0.4, -0.2) is 27.2 Å². The van der Waals surface area contributed by atoms with Crippen LogP contribution in [0.4, 0.5) is 0 Å². The fourth-order valence-corrected chi connectivity index (χ4v) is 2.50.